The van der Waals surface area contributed by atoms with Crippen LogP contribution in [-0.4, -0.2) is 48.9 Å². The van der Waals surface area contributed by atoms with Gasteiger partial charge in [-0.3, -0.25) is 0 Å². The van der Waals surface area contributed by atoms with Crippen LogP contribution in [0, 0.1) is 6.92 Å². The second kappa shape index (κ2) is 7.47. The van der Waals surface area contributed by atoms with Crippen LogP contribution in [0.2, 0.25) is 0 Å². The van der Waals surface area contributed by atoms with Gasteiger partial charge in [0.2, 0.25) is 0 Å². The van der Waals surface area contributed by atoms with Crippen LogP contribution in [0.15, 0.2) is 36.4 Å². The van der Waals surface area contributed by atoms with Crippen molar-refractivity contribution < 1.29 is 14.3 Å². The van der Waals surface area contributed by atoms with Crippen molar-refractivity contribution in [3.05, 3.63) is 47.5 Å². The summed E-state index contributed by atoms with van der Waals surface area (Å²) in [5.74, 6) is 1.27. The second-order valence-electron chi connectivity index (χ2n) is 10.0. The molecule has 2 aromatic carbocycles. The molecule has 2 aromatic rings. The van der Waals surface area contributed by atoms with Crippen molar-refractivity contribution in [3.8, 4) is 16.9 Å². The van der Waals surface area contributed by atoms with Crippen LogP contribution < -0.4 is 9.64 Å². The van der Waals surface area contributed by atoms with Crippen LogP contribution in [0.5, 0.6) is 5.75 Å². The van der Waals surface area contributed by atoms with Crippen LogP contribution in [0.3, 0.4) is 0 Å². The fraction of sp³-hybridized carbons (Fsp3) is 0.500. The molecule has 2 atom stereocenters. The Morgan fingerprint density at radius 2 is 1.97 bits per heavy atom. The van der Waals surface area contributed by atoms with E-state index >= 15 is 0 Å². The van der Waals surface area contributed by atoms with E-state index in [0.29, 0.717) is 12.6 Å². The third-order valence-electron chi connectivity index (χ3n) is 6.68. The molecule has 1 fully saturated rings. The lowest BCUT2D eigenvalue weighted by Gasteiger charge is -2.39. The standard InChI is InChI=1S/C26H32N2O3/c1-17-8-5-6-9-19(17)18-14-20-21-16-27(25(29)31-26(2,3)4)12-10-22(21)28-11-7-13-30-23(15-18)24(20)28/h5-6,8-9,14-15,21-22H,7,10-13,16H2,1-4H3/t21-,22-/m0/s1. The molecule has 0 aliphatic carbocycles. The topological polar surface area (TPSA) is 42.0 Å². The maximum atomic E-state index is 12.8. The minimum absolute atomic E-state index is 0.204. The molecule has 31 heavy (non-hydrogen) atoms. The number of nitrogens with zero attached hydrogens (tertiary/aromatic N) is 2. The lowest BCUT2D eigenvalue weighted by Crippen LogP contribution is -2.49. The molecule has 5 heteroatoms. The van der Waals surface area contributed by atoms with Crippen molar-refractivity contribution in [1.82, 2.24) is 4.90 Å². The van der Waals surface area contributed by atoms with Crippen molar-refractivity contribution in [2.24, 2.45) is 0 Å². The molecule has 0 unspecified atom stereocenters. The number of ether oxygens (including phenoxy) is 2. The highest BCUT2D eigenvalue weighted by molar-refractivity contribution is 5.80. The van der Waals surface area contributed by atoms with E-state index in [9.17, 15) is 4.79 Å². The lowest BCUT2D eigenvalue weighted by molar-refractivity contribution is 0.0189. The maximum absolute atomic E-state index is 12.8. The number of carbonyl (C=O) groups excluding carboxylic acids is 1. The Balaban J connectivity index is 1.54. The molecule has 3 aliphatic rings. The third-order valence-corrected chi connectivity index (χ3v) is 6.68. The average molecular weight is 421 g/mol. The highest BCUT2D eigenvalue weighted by Crippen LogP contribution is 2.52. The maximum Gasteiger partial charge on any atom is 0.410 e. The Bertz CT molecular complexity index is 1010. The largest absolute Gasteiger partial charge is 0.491 e. The number of fused-ring (bicyclic) bond motifs is 3. The van der Waals surface area contributed by atoms with Crippen LogP contribution in [-0.2, 0) is 4.74 Å². The zero-order valence-corrected chi connectivity index (χ0v) is 19.0. The highest BCUT2D eigenvalue weighted by atomic mass is 16.6. The molecule has 0 spiro atoms. The number of anilines is 1. The summed E-state index contributed by atoms with van der Waals surface area (Å²) >= 11 is 0. The van der Waals surface area contributed by atoms with Gasteiger partial charge < -0.3 is 19.3 Å². The molecule has 164 valence electrons. The fourth-order valence-corrected chi connectivity index (χ4v) is 5.35. The van der Waals surface area contributed by atoms with Crippen molar-refractivity contribution >= 4 is 11.8 Å². The minimum atomic E-state index is -0.479. The van der Waals surface area contributed by atoms with Gasteiger partial charge in [0.05, 0.1) is 12.3 Å². The highest BCUT2D eigenvalue weighted by Gasteiger charge is 2.45. The number of aryl methyl sites for hydroxylation is 1. The summed E-state index contributed by atoms with van der Waals surface area (Å²) in [6.45, 7) is 11.1. The van der Waals surface area contributed by atoms with Crippen molar-refractivity contribution in [1.29, 1.82) is 0 Å². The summed E-state index contributed by atoms with van der Waals surface area (Å²) in [4.78, 5) is 17.2. The van der Waals surface area contributed by atoms with Crippen LogP contribution in [0.4, 0.5) is 10.5 Å². The Morgan fingerprint density at radius 1 is 1.16 bits per heavy atom. The van der Waals surface area contributed by atoms with E-state index in [1.54, 1.807) is 0 Å². The van der Waals surface area contributed by atoms with Gasteiger partial charge in [0.1, 0.15) is 11.4 Å². The first kappa shape index (κ1) is 20.2. The average Bonchev–Trinajstić information content (AvgIpc) is 2.87. The SMILES string of the molecule is Cc1ccccc1-c1cc2c3c(c1)[C@@H]1CN(C(=O)OC(C)(C)C)CC[C@@H]1N3CCCO2. The Hall–Kier alpha value is -2.69. The van der Waals surface area contributed by atoms with Crippen LogP contribution in [0.25, 0.3) is 11.1 Å². The smallest absolute Gasteiger partial charge is 0.410 e. The molecule has 0 radical (unpaired) electrons. The van der Waals surface area contributed by atoms with Crippen molar-refractivity contribution in [3.63, 3.8) is 0 Å². The monoisotopic (exact) mass is 420 g/mol. The van der Waals surface area contributed by atoms with E-state index in [4.69, 9.17) is 9.47 Å². The van der Waals surface area contributed by atoms with Crippen molar-refractivity contribution in [2.45, 2.75) is 58.1 Å². The molecule has 0 bridgehead atoms. The molecule has 0 aromatic heterocycles. The predicted octanol–water partition coefficient (Wildman–Crippen LogP) is 5.36. The molecule has 1 saturated heterocycles. The first-order valence-corrected chi connectivity index (χ1v) is 11.4. The Kier molecular flexibility index (Phi) is 4.87. The summed E-state index contributed by atoms with van der Waals surface area (Å²) in [7, 11) is 0. The number of piperidine rings is 1. The minimum Gasteiger partial charge on any atom is -0.491 e. The molecule has 3 heterocycles. The molecular weight excluding hydrogens is 388 g/mol. The van der Waals surface area contributed by atoms with Crippen LogP contribution in [0.1, 0.15) is 50.7 Å². The molecule has 1 amide bonds. The van der Waals surface area contributed by atoms with E-state index in [2.05, 4.69) is 48.2 Å². The number of hydrogen-bond donors (Lipinski definition) is 0. The second-order valence-corrected chi connectivity index (χ2v) is 10.0. The van der Waals surface area contributed by atoms with E-state index < -0.39 is 5.60 Å². The number of hydrogen-bond acceptors (Lipinski definition) is 4. The summed E-state index contributed by atoms with van der Waals surface area (Å²) in [5.41, 5.74) is 5.78. The van der Waals surface area contributed by atoms with E-state index in [0.717, 1.165) is 38.3 Å². The molecule has 5 nitrogen and oxygen atoms in total. The number of rotatable bonds is 1. The molecule has 0 saturated carbocycles. The van der Waals surface area contributed by atoms with E-state index in [1.807, 2.05) is 25.7 Å². The zero-order chi connectivity index (χ0) is 21.8. The Labute approximate surface area is 184 Å². The molecule has 5 rings (SSSR count). The summed E-state index contributed by atoms with van der Waals surface area (Å²) in [6, 6.07) is 13.5. The van der Waals surface area contributed by atoms with Gasteiger partial charge in [0.15, 0.2) is 0 Å². The normalized spacial score (nSPS) is 22.3. The summed E-state index contributed by atoms with van der Waals surface area (Å²) in [5, 5.41) is 0. The van der Waals surface area contributed by atoms with E-state index in [-0.39, 0.29) is 12.0 Å². The summed E-state index contributed by atoms with van der Waals surface area (Å²) < 4.78 is 11.9. The van der Waals surface area contributed by atoms with Gasteiger partial charge >= 0.3 is 6.09 Å². The lowest BCUT2D eigenvalue weighted by atomic mass is 9.87. The van der Waals surface area contributed by atoms with Gasteiger partial charge in [-0.05, 0) is 74.9 Å². The first-order chi connectivity index (χ1) is 14.8. The molecule has 3 aliphatic heterocycles. The summed E-state index contributed by atoms with van der Waals surface area (Å²) in [6.07, 6.45) is 1.77. The number of benzene rings is 2. The van der Waals surface area contributed by atoms with Gasteiger partial charge in [-0.2, -0.15) is 0 Å². The number of likely N-dealkylation sites (tertiary alicyclic amines) is 1. The zero-order valence-electron chi connectivity index (χ0n) is 19.0. The van der Waals surface area contributed by atoms with Gasteiger partial charge in [0.25, 0.3) is 0 Å². The Morgan fingerprint density at radius 3 is 2.74 bits per heavy atom. The number of carbonyl (C=O) groups is 1. The fourth-order valence-electron chi connectivity index (χ4n) is 5.35. The van der Waals surface area contributed by atoms with Gasteiger partial charge in [0, 0.05) is 31.6 Å². The third kappa shape index (κ3) is 3.64. The molecular formula is C26H32N2O3. The van der Waals surface area contributed by atoms with Gasteiger partial charge in [-0.15, -0.1) is 0 Å². The first-order valence-electron chi connectivity index (χ1n) is 11.4. The van der Waals surface area contributed by atoms with Gasteiger partial charge in [-0.1, -0.05) is 24.3 Å². The number of amides is 1. The van der Waals surface area contributed by atoms with E-state index in [1.165, 1.54) is 27.9 Å². The van der Waals surface area contributed by atoms with Crippen LogP contribution >= 0.6 is 0 Å². The van der Waals surface area contributed by atoms with Gasteiger partial charge in [-0.25, -0.2) is 4.79 Å². The predicted molar refractivity (Wildman–Crippen MR) is 123 cm³/mol. The van der Waals surface area contributed by atoms with Crippen molar-refractivity contribution in [2.75, 3.05) is 31.1 Å². The quantitative estimate of drug-likeness (QED) is 0.623. The molecule has 0 N–H and O–H groups in total.